The number of rotatable bonds is 8. The van der Waals surface area contributed by atoms with Gasteiger partial charge in [-0.2, -0.15) is 0 Å². The van der Waals surface area contributed by atoms with Crippen molar-refractivity contribution in [1.82, 2.24) is 16.0 Å². The minimum atomic E-state index is -0.281. The second-order valence-corrected chi connectivity index (χ2v) is 5.28. The summed E-state index contributed by atoms with van der Waals surface area (Å²) in [4.78, 5) is 34.5. The van der Waals surface area contributed by atoms with Crippen LogP contribution in [-0.2, 0) is 14.4 Å². The minimum Gasteiger partial charge on any atom is -0.352 e. The monoisotopic (exact) mass is 317 g/mol. The fourth-order valence-corrected chi connectivity index (χ4v) is 1.73. The summed E-state index contributed by atoms with van der Waals surface area (Å²) in [6.07, 6.45) is 3.24. The highest BCUT2D eigenvalue weighted by molar-refractivity contribution is 5.92. The van der Waals surface area contributed by atoms with Crippen LogP contribution in [0.1, 0.15) is 25.8 Å². The Balaban J connectivity index is 2.18. The van der Waals surface area contributed by atoms with Gasteiger partial charge in [0, 0.05) is 25.1 Å². The molecule has 23 heavy (non-hydrogen) atoms. The molecule has 0 aliphatic carbocycles. The van der Waals surface area contributed by atoms with E-state index >= 15 is 0 Å². The van der Waals surface area contributed by atoms with Crippen molar-refractivity contribution in [3.05, 3.63) is 42.0 Å². The maximum absolute atomic E-state index is 11.6. The van der Waals surface area contributed by atoms with Gasteiger partial charge in [0.2, 0.25) is 17.7 Å². The minimum absolute atomic E-state index is 0.0371. The van der Waals surface area contributed by atoms with Gasteiger partial charge in [0.1, 0.15) is 0 Å². The van der Waals surface area contributed by atoms with Crippen LogP contribution < -0.4 is 16.0 Å². The van der Waals surface area contributed by atoms with Crippen LogP contribution in [0.5, 0.6) is 0 Å². The fraction of sp³-hybridized carbons (Fsp3) is 0.353. The van der Waals surface area contributed by atoms with Crippen LogP contribution in [-0.4, -0.2) is 36.9 Å². The van der Waals surface area contributed by atoms with Crippen LogP contribution in [0.4, 0.5) is 0 Å². The molecule has 1 rings (SSSR count). The molecule has 0 bridgehead atoms. The number of benzene rings is 1. The number of amides is 3. The van der Waals surface area contributed by atoms with E-state index in [0.717, 1.165) is 5.56 Å². The van der Waals surface area contributed by atoms with Gasteiger partial charge >= 0.3 is 0 Å². The number of hydrogen-bond donors (Lipinski definition) is 3. The Labute approximate surface area is 136 Å². The van der Waals surface area contributed by atoms with Crippen molar-refractivity contribution in [1.29, 1.82) is 0 Å². The first-order chi connectivity index (χ1) is 11.0. The SMILES string of the molecule is CC(C)NC(=O)CNC(=O)CCNC(=O)/C=C/c1ccccc1. The lowest BCUT2D eigenvalue weighted by molar-refractivity contribution is -0.126. The lowest BCUT2D eigenvalue weighted by Crippen LogP contribution is -2.40. The summed E-state index contributed by atoms with van der Waals surface area (Å²) in [7, 11) is 0. The Morgan fingerprint density at radius 2 is 1.74 bits per heavy atom. The van der Waals surface area contributed by atoms with E-state index in [9.17, 15) is 14.4 Å². The molecule has 6 nitrogen and oxygen atoms in total. The molecule has 3 N–H and O–H groups in total. The predicted molar refractivity (Wildman–Crippen MR) is 89.4 cm³/mol. The quantitative estimate of drug-likeness (QED) is 0.621. The van der Waals surface area contributed by atoms with E-state index in [-0.39, 0.29) is 43.3 Å². The Kier molecular flexibility index (Phi) is 8.13. The zero-order valence-corrected chi connectivity index (χ0v) is 13.5. The summed E-state index contributed by atoms with van der Waals surface area (Å²) in [6.45, 7) is 3.85. The van der Waals surface area contributed by atoms with Gasteiger partial charge in [0.15, 0.2) is 0 Å². The fourth-order valence-electron chi connectivity index (χ4n) is 1.73. The van der Waals surface area contributed by atoms with E-state index in [1.807, 2.05) is 44.2 Å². The average molecular weight is 317 g/mol. The summed E-state index contributed by atoms with van der Waals surface area (Å²) in [5.74, 6) is -0.779. The Morgan fingerprint density at radius 1 is 1.04 bits per heavy atom. The maximum atomic E-state index is 11.6. The van der Waals surface area contributed by atoms with Gasteiger partial charge in [0.25, 0.3) is 0 Å². The second kappa shape index (κ2) is 10.2. The van der Waals surface area contributed by atoms with E-state index in [0.29, 0.717) is 0 Å². The number of nitrogens with one attached hydrogen (secondary N) is 3. The number of carbonyl (C=O) groups is 3. The van der Waals surface area contributed by atoms with Crippen molar-refractivity contribution in [3.63, 3.8) is 0 Å². The van der Waals surface area contributed by atoms with Crippen molar-refractivity contribution >= 4 is 23.8 Å². The van der Waals surface area contributed by atoms with Gasteiger partial charge in [-0.25, -0.2) is 0 Å². The van der Waals surface area contributed by atoms with Crippen molar-refractivity contribution < 1.29 is 14.4 Å². The van der Waals surface area contributed by atoms with Gasteiger partial charge in [-0.05, 0) is 25.5 Å². The summed E-state index contributed by atoms with van der Waals surface area (Å²) in [6, 6.07) is 9.49. The van der Waals surface area contributed by atoms with E-state index in [2.05, 4.69) is 16.0 Å². The molecule has 1 aromatic rings. The third kappa shape index (κ3) is 9.08. The molecule has 0 radical (unpaired) electrons. The molecule has 1 aromatic carbocycles. The molecule has 0 unspecified atom stereocenters. The Morgan fingerprint density at radius 3 is 2.39 bits per heavy atom. The molecule has 0 aliphatic heterocycles. The molecule has 0 aromatic heterocycles. The first-order valence-electron chi connectivity index (χ1n) is 7.54. The molecule has 0 atom stereocenters. The molecule has 0 fully saturated rings. The zero-order chi connectivity index (χ0) is 17.1. The largest absolute Gasteiger partial charge is 0.352 e. The third-order valence-corrected chi connectivity index (χ3v) is 2.77. The van der Waals surface area contributed by atoms with E-state index < -0.39 is 0 Å². The molecular formula is C17H23N3O3. The standard InChI is InChI=1S/C17H23N3O3/c1-13(2)20-17(23)12-19-16(22)10-11-18-15(21)9-8-14-6-4-3-5-7-14/h3-9,13H,10-12H2,1-2H3,(H,18,21)(H,19,22)(H,20,23)/b9-8+. The lowest BCUT2D eigenvalue weighted by atomic mass is 10.2. The highest BCUT2D eigenvalue weighted by atomic mass is 16.2. The zero-order valence-electron chi connectivity index (χ0n) is 13.5. The van der Waals surface area contributed by atoms with Crippen molar-refractivity contribution in [2.75, 3.05) is 13.1 Å². The molecular weight excluding hydrogens is 294 g/mol. The van der Waals surface area contributed by atoms with Crippen molar-refractivity contribution in [2.45, 2.75) is 26.3 Å². The highest BCUT2D eigenvalue weighted by Crippen LogP contribution is 2.00. The molecule has 0 spiro atoms. The second-order valence-electron chi connectivity index (χ2n) is 5.28. The van der Waals surface area contributed by atoms with Crippen LogP contribution in [0.2, 0.25) is 0 Å². The topological polar surface area (TPSA) is 87.3 Å². The van der Waals surface area contributed by atoms with Gasteiger partial charge in [0.05, 0.1) is 6.54 Å². The Bertz CT molecular complexity index is 553. The average Bonchev–Trinajstić information content (AvgIpc) is 2.51. The highest BCUT2D eigenvalue weighted by Gasteiger charge is 2.06. The van der Waals surface area contributed by atoms with Crippen LogP contribution >= 0.6 is 0 Å². The third-order valence-electron chi connectivity index (χ3n) is 2.77. The van der Waals surface area contributed by atoms with Crippen LogP contribution in [0.3, 0.4) is 0 Å². The molecule has 3 amide bonds. The van der Waals surface area contributed by atoms with Crippen LogP contribution in [0.15, 0.2) is 36.4 Å². The summed E-state index contributed by atoms with van der Waals surface area (Å²) < 4.78 is 0. The van der Waals surface area contributed by atoms with Gasteiger partial charge in [-0.1, -0.05) is 30.3 Å². The Hall–Kier alpha value is -2.63. The number of hydrogen-bond acceptors (Lipinski definition) is 3. The van der Waals surface area contributed by atoms with Crippen molar-refractivity contribution in [2.24, 2.45) is 0 Å². The molecule has 0 saturated carbocycles. The van der Waals surface area contributed by atoms with Gasteiger partial charge < -0.3 is 16.0 Å². The number of carbonyl (C=O) groups excluding carboxylic acids is 3. The molecule has 124 valence electrons. The van der Waals surface area contributed by atoms with Crippen molar-refractivity contribution in [3.8, 4) is 0 Å². The van der Waals surface area contributed by atoms with E-state index in [4.69, 9.17) is 0 Å². The maximum Gasteiger partial charge on any atom is 0.244 e. The van der Waals surface area contributed by atoms with Gasteiger partial charge in [-0.15, -0.1) is 0 Å². The predicted octanol–water partition coefficient (Wildman–Crippen LogP) is 0.847. The molecule has 6 heteroatoms. The molecule has 0 heterocycles. The summed E-state index contributed by atoms with van der Waals surface area (Å²) >= 11 is 0. The van der Waals surface area contributed by atoms with Crippen LogP contribution in [0.25, 0.3) is 6.08 Å². The molecule has 0 saturated heterocycles. The molecule has 0 aliphatic rings. The first kappa shape index (κ1) is 18.4. The smallest absolute Gasteiger partial charge is 0.244 e. The summed E-state index contributed by atoms with van der Waals surface area (Å²) in [5.41, 5.74) is 0.927. The van der Waals surface area contributed by atoms with E-state index in [1.54, 1.807) is 6.08 Å². The lowest BCUT2D eigenvalue weighted by Gasteiger charge is -2.09. The van der Waals surface area contributed by atoms with Gasteiger partial charge in [-0.3, -0.25) is 14.4 Å². The van der Waals surface area contributed by atoms with Crippen LogP contribution in [0, 0.1) is 0 Å². The first-order valence-corrected chi connectivity index (χ1v) is 7.54. The van der Waals surface area contributed by atoms with E-state index in [1.165, 1.54) is 6.08 Å². The summed E-state index contributed by atoms with van der Waals surface area (Å²) in [5, 5.41) is 7.79. The normalized spacial score (nSPS) is 10.6.